The standard InChI is InChI=1S/C18H22N6/c1-2-23-18(8-10-19-23)17-14-24(21-20-17)16-9-11-22(13-16)12-15-6-4-3-5-7-15/h3-8,10,14,16H,2,9,11-13H2,1H3. The second-order valence-corrected chi connectivity index (χ2v) is 6.28. The normalized spacial score (nSPS) is 18.3. The van der Waals surface area contributed by atoms with Crippen LogP contribution in [0.25, 0.3) is 11.4 Å². The minimum Gasteiger partial charge on any atom is -0.297 e. The van der Waals surface area contributed by atoms with Gasteiger partial charge < -0.3 is 0 Å². The number of rotatable bonds is 5. The van der Waals surface area contributed by atoms with E-state index in [1.54, 1.807) is 0 Å². The lowest BCUT2D eigenvalue weighted by molar-refractivity contribution is 0.310. The summed E-state index contributed by atoms with van der Waals surface area (Å²) in [5.41, 5.74) is 3.29. The Morgan fingerprint density at radius 3 is 2.88 bits per heavy atom. The van der Waals surface area contributed by atoms with Crippen LogP contribution in [0, 0.1) is 0 Å². The highest BCUT2D eigenvalue weighted by Gasteiger charge is 2.25. The van der Waals surface area contributed by atoms with Crippen molar-refractivity contribution in [2.45, 2.75) is 32.5 Å². The molecule has 3 heterocycles. The summed E-state index contributed by atoms with van der Waals surface area (Å²) >= 11 is 0. The quantitative estimate of drug-likeness (QED) is 0.724. The smallest absolute Gasteiger partial charge is 0.131 e. The maximum absolute atomic E-state index is 4.37. The van der Waals surface area contributed by atoms with Crippen LogP contribution in [-0.4, -0.2) is 42.8 Å². The minimum atomic E-state index is 0.396. The van der Waals surface area contributed by atoms with Crippen LogP contribution in [-0.2, 0) is 13.1 Å². The van der Waals surface area contributed by atoms with Crippen molar-refractivity contribution in [1.82, 2.24) is 29.7 Å². The SMILES string of the molecule is CCn1nccc1-c1cn(C2CCN(Cc3ccccc3)C2)nn1. The Hall–Kier alpha value is -2.47. The van der Waals surface area contributed by atoms with Crippen molar-refractivity contribution in [2.24, 2.45) is 0 Å². The van der Waals surface area contributed by atoms with Crippen LogP contribution in [0.15, 0.2) is 48.8 Å². The van der Waals surface area contributed by atoms with Crippen molar-refractivity contribution < 1.29 is 0 Å². The van der Waals surface area contributed by atoms with Gasteiger partial charge >= 0.3 is 0 Å². The Morgan fingerprint density at radius 1 is 1.17 bits per heavy atom. The molecule has 1 aliphatic heterocycles. The topological polar surface area (TPSA) is 51.8 Å². The van der Waals surface area contributed by atoms with Gasteiger partial charge in [0.1, 0.15) is 5.69 Å². The van der Waals surface area contributed by atoms with Gasteiger partial charge in [-0.2, -0.15) is 5.10 Å². The first-order valence-corrected chi connectivity index (χ1v) is 8.54. The lowest BCUT2D eigenvalue weighted by Crippen LogP contribution is -2.21. The number of aryl methyl sites for hydroxylation is 1. The van der Waals surface area contributed by atoms with E-state index >= 15 is 0 Å². The number of hydrogen-bond acceptors (Lipinski definition) is 4. The van der Waals surface area contributed by atoms with Gasteiger partial charge in [0.25, 0.3) is 0 Å². The number of hydrogen-bond donors (Lipinski definition) is 0. The lowest BCUT2D eigenvalue weighted by Gasteiger charge is -2.15. The summed E-state index contributed by atoms with van der Waals surface area (Å²) in [6.07, 6.45) is 4.98. The predicted molar refractivity (Wildman–Crippen MR) is 92.3 cm³/mol. The van der Waals surface area contributed by atoms with E-state index in [4.69, 9.17) is 0 Å². The highest BCUT2D eigenvalue weighted by atomic mass is 15.5. The Bertz CT molecular complexity index is 791. The van der Waals surface area contributed by atoms with Crippen molar-refractivity contribution >= 4 is 0 Å². The van der Waals surface area contributed by atoms with Gasteiger partial charge in [0.05, 0.1) is 17.9 Å². The summed E-state index contributed by atoms with van der Waals surface area (Å²) in [4.78, 5) is 2.48. The summed E-state index contributed by atoms with van der Waals surface area (Å²) in [7, 11) is 0. The molecule has 1 aliphatic rings. The molecular formula is C18H22N6. The fraction of sp³-hybridized carbons (Fsp3) is 0.389. The van der Waals surface area contributed by atoms with E-state index in [0.29, 0.717) is 6.04 Å². The Morgan fingerprint density at radius 2 is 2.04 bits per heavy atom. The molecule has 4 rings (SSSR count). The molecule has 0 aliphatic carbocycles. The fourth-order valence-corrected chi connectivity index (χ4v) is 3.39. The molecule has 124 valence electrons. The van der Waals surface area contributed by atoms with E-state index in [0.717, 1.165) is 44.0 Å². The van der Waals surface area contributed by atoms with Crippen LogP contribution in [0.5, 0.6) is 0 Å². The third kappa shape index (κ3) is 2.97. The molecular weight excluding hydrogens is 300 g/mol. The zero-order valence-corrected chi connectivity index (χ0v) is 13.9. The third-order valence-corrected chi connectivity index (χ3v) is 4.66. The summed E-state index contributed by atoms with van der Waals surface area (Å²) in [6, 6.07) is 13.0. The van der Waals surface area contributed by atoms with Gasteiger partial charge in [0, 0.05) is 32.4 Å². The molecule has 2 aromatic heterocycles. The summed E-state index contributed by atoms with van der Waals surface area (Å²) in [6.45, 7) is 6.04. The predicted octanol–water partition coefficient (Wildman–Crippen LogP) is 2.61. The Kier molecular flexibility index (Phi) is 4.13. The molecule has 0 bridgehead atoms. The first-order chi connectivity index (χ1) is 11.8. The fourth-order valence-electron chi connectivity index (χ4n) is 3.39. The van der Waals surface area contributed by atoms with Crippen molar-refractivity contribution in [3.05, 3.63) is 54.4 Å². The zero-order chi connectivity index (χ0) is 16.4. The minimum absolute atomic E-state index is 0.396. The molecule has 6 heteroatoms. The molecule has 6 nitrogen and oxygen atoms in total. The van der Waals surface area contributed by atoms with E-state index in [1.165, 1.54) is 5.56 Å². The van der Waals surface area contributed by atoms with E-state index in [1.807, 2.05) is 21.6 Å². The van der Waals surface area contributed by atoms with Gasteiger partial charge in [-0.15, -0.1) is 5.10 Å². The monoisotopic (exact) mass is 322 g/mol. The second kappa shape index (κ2) is 6.57. The first-order valence-electron chi connectivity index (χ1n) is 8.54. The molecule has 24 heavy (non-hydrogen) atoms. The van der Waals surface area contributed by atoms with E-state index in [2.05, 4.69) is 63.8 Å². The highest BCUT2D eigenvalue weighted by molar-refractivity contribution is 5.52. The summed E-state index contributed by atoms with van der Waals surface area (Å²) in [5.74, 6) is 0. The maximum Gasteiger partial charge on any atom is 0.131 e. The Balaban J connectivity index is 1.44. The second-order valence-electron chi connectivity index (χ2n) is 6.28. The molecule has 0 spiro atoms. The molecule has 1 atom stereocenters. The first kappa shape index (κ1) is 15.1. The van der Waals surface area contributed by atoms with Gasteiger partial charge in [0.15, 0.2) is 0 Å². The van der Waals surface area contributed by atoms with Gasteiger partial charge in [-0.1, -0.05) is 35.5 Å². The van der Waals surface area contributed by atoms with Crippen LogP contribution >= 0.6 is 0 Å². The third-order valence-electron chi connectivity index (χ3n) is 4.66. The summed E-state index contributed by atoms with van der Waals surface area (Å²) in [5, 5.41) is 13.0. The maximum atomic E-state index is 4.37. The van der Waals surface area contributed by atoms with Crippen LogP contribution < -0.4 is 0 Å². The highest BCUT2D eigenvalue weighted by Crippen LogP contribution is 2.24. The molecule has 1 unspecified atom stereocenters. The van der Waals surface area contributed by atoms with E-state index < -0.39 is 0 Å². The van der Waals surface area contributed by atoms with Gasteiger partial charge in [0.2, 0.25) is 0 Å². The van der Waals surface area contributed by atoms with Crippen LogP contribution in [0.3, 0.4) is 0 Å². The number of nitrogens with zero attached hydrogens (tertiary/aromatic N) is 6. The van der Waals surface area contributed by atoms with E-state index in [-0.39, 0.29) is 0 Å². The zero-order valence-electron chi connectivity index (χ0n) is 13.9. The average molecular weight is 322 g/mol. The molecule has 1 aromatic carbocycles. The molecule has 1 saturated heterocycles. The molecule has 3 aromatic rings. The average Bonchev–Trinajstić information content (AvgIpc) is 3.35. The van der Waals surface area contributed by atoms with Crippen LogP contribution in [0.1, 0.15) is 24.9 Å². The van der Waals surface area contributed by atoms with Gasteiger partial charge in [-0.3, -0.25) is 9.58 Å². The molecule has 0 amide bonds. The largest absolute Gasteiger partial charge is 0.297 e. The molecule has 0 saturated carbocycles. The molecule has 0 radical (unpaired) electrons. The summed E-state index contributed by atoms with van der Waals surface area (Å²) < 4.78 is 3.97. The number of aromatic nitrogens is 5. The van der Waals surface area contributed by atoms with Crippen LogP contribution in [0.2, 0.25) is 0 Å². The lowest BCUT2D eigenvalue weighted by atomic mass is 10.2. The van der Waals surface area contributed by atoms with Crippen molar-refractivity contribution in [1.29, 1.82) is 0 Å². The number of likely N-dealkylation sites (tertiary alicyclic amines) is 1. The number of benzene rings is 1. The molecule has 0 N–H and O–H groups in total. The van der Waals surface area contributed by atoms with Crippen molar-refractivity contribution in [2.75, 3.05) is 13.1 Å². The van der Waals surface area contributed by atoms with Crippen LogP contribution in [0.4, 0.5) is 0 Å². The van der Waals surface area contributed by atoms with Crippen molar-refractivity contribution in [3.8, 4) is 11.4 Å². The van der Waals surface area contributed by atoms with E-state index in [9.17, 15) is 0 Å². The van der Waals surface area contributed by atoms with Gasteiger partial charge in [-0.25, -0.2) is 4.68 Å². The Labute approximate surface area is 141 Å². The van der Waals surface area contributed by atoms with Crippen molar-refractivity contribution in [3.63, 3.8) is 0 Å². The van der Waals surface area contributed by atoms with Gasteiger partial charge in [-0.05, 0) is 25.0 Å². The molecule has 1 fully saturated rings.